The van der Waals surface area contributed by atoms with E-state index < -0.39 is 17.7 Å². The highest BCUT2D eigenvalue weighted by Gasteiger charge is 2.35. The third-order valence-electron chi connectivity index (χ3n) is 4.31. The summed E-state index contributed by atoms with van der Waals surface area (Å²) in [6.07, 6.45) is -2.40. The van der Waals surface area contributed by atoms with Crippen molar-refractivity contribution in [3.63, 3.8) is 0 Å². The molecular formula is C21H19ClF3NO3. The maximum absolute atomic E-state index is 13.4. The largest absolute Gasteiger partial charge is 0.489 e. The Balaban J connectivity index is 1.79. The van der Waals surface area contributed by atoms with Crippen molar-refractivity contribution in [1.82, 2.24) is 0 Å². The van der Waals surface area contributed by atoms with E-state index in [4.69, 9.17) is 21.1 Å². The van der Waals surface area contributed by atoms with Crippen molar-refractivity contribution in [1.29, 1.82) is 0 Å². The van der Waals surface area contributed by atoms with Crippen molar-refractivity contribution in [2.75, 3.05) is 18.5 Å². The van der Waals surface area contributed by atoms with Crippen LogP contribution >= 0.6 is 11.6 Å². The highest BCUT2D eigenvalue weighted by molar-refractivity contribution is 6.31. The van der Waals surface area contributed by atoms with Crippen LogP contribution in [0.3, 0.4) is 0 Å². The van der Waals surface area contributed by atoms with Crippen molar-refractivity contribution in [2.24, 2.45) is 0 Å². The first-order valence-corrected chi connectivity index (χ1v) is 9.40. The van der Waals surface area contributed by atoms with Crippen molar-refractivity contribution in [3.8, 4) is 5.75 Å². The SMILES string of the molecule is O=C(/C=C(\c1ccccc1)C(F)(F)F)Nc1cc(Cl)ccc1OCC1CCCO1. The molecule has 0 radical (unpaired) electrons. The predicted molar refractivity (Wildman–Crippen MR) is 105 cm³/mol. The summed E-state index contributed by atoms with van der Waals surface area (Å²) in [5.74, 6) is -0.634. The molecule has 1 aliphatic rings. The van der Waals surface area contributed by atoms with Gasteiger partial charge in [-0.2, -0.15) is 13.2 Å². The van der Waals surface area contributed by atoms with Gasteiger partial charge in [0.15, 0.2) is 0 Å². The number of carbonyl (C=O) groups excluding carboxylic acids is 1. The van der Waals surface area contributed by atoms with Crippen LogP contribution in [0.2, 0.25) is 5.02 Å². The van der Waals surface area contributed by atoms with Crippen LogP contribution in [0.15, 0.2) is 54.6 Å². The van der Waals surface area contributed by atoms with Crippen LogP contribution in [-0.4, -0.2) is 31.4 Å². The zero-order valence-electron chi connectivity index (χ0n) is 15.3. The number of anilines is 1. The molecule has 1 unspecified atom stereocenters. The van der Waals surface area contributed by atoms with E-state index >= 15 is 0 Å². The topological polar surface area (TPSA) is 47.6 Å². The molecule has 0 aliphatic carbocycles. The van der Waals surface area contributed by atoms with E-state index in [1.54, 1.807) is 18.2 Å². The predicted octanol–water partition coefficient (Wildman–Crippen LogP) is 5.48. The number of hydrogen-bond donors (Lipinski definition) is 1. The molecule has 8 heteroatoms. The Morgan fingerprint density at radius 1 is 1.24 bits per heavy atom. The molecule has 0 saturated carbocycles. The summed E-state index contributed by atoms with van der Waals surface area (Å²) >= 11 is 5.97. The lowest BCUT2D eigenvalue weighted by Gasteiger charge is -2.16. The van der Waals surface area contributed by atoms with Gasteiger partial charge in [0.1, 0.15) is 12.4 Å². The first-order valence-electron chi connectivity index (χ1n) is 9.02. The van der Waals surface area contributed by atoms with E-state index in [2.05, 4.69) is 5.32 Å². The fourth-order valence-electron chi connectivity index (χ4n) is 2.93. The van der Waals surface area contributed by atoms with E-state index in [0.717, 1.165) is 12.8 Å². The van der Waals surface area contributed by atoms with Crippen LogP contribution in [0.5, 0.6) is 5.75 Å². The van der Waals surface area contributed by atoms with Gasteiger partial charge in [-0.15, -0.1) is 0 Å². The maximum atomic E-state index is 13.4. The summed E-state index contributed by atoms with van der Waals surface area (Å²) in [7, 11) is 0. The van der Waals surface area contributed by atoms with Gasteiger partial charge in [-0.1, -0.05) is 41.9 Å². The molecule has 1 saturated heterocycles. The molecule has 0 aromatic heterocycles. The number of nitrogens with one attached hydrogen (secondary N) is 1. The average molecular weight is 426 g/mol. The van der Waals surface area contributed by atoms with Crippen LogP contribution in [-0.2, 0) is 9.53 Å². The quantitative estimate of drug-likeness (QED) is 0.623. The van der Waals surface area contributed by atoms with Gasteiger partial charge in [0.2, 0.25) is 5.91 Å². The number of alkyl halides is 3. The van der Waals surface area contributed by atoms with Gasteiger partial charge in [0.25, 0.3) is 0 Å². The second kappa shape index (κ2) is 9.33. The summed E-state index contributed by atoms with van der Waals surface area (Å²) < 4.78 is 51.5. The van der Waals surface area contributed by atoms with Crippen molar-refractivity contribution >= 4 is 28.8 Å². The molecule has 1 atom stereocenters. The molecule has 1 amide bonds. The number of carbonyl (C=O) groups is 1. The van der Waals surface area contributed by atoms with Gasteiger partial charge < -0.3 is 14.8 Å². The van der Waals surface area contributed by atoms with Gasteiger partial charge in [-0.25, -0.2) is 0 Å². The highest BCUT2D eigenvalue weighted by Crippen LogP contribution is 2.34. The number of amides is 1. The Kier molecular flexibility index (Phi) is 6.82. The number of ether oxygens (including phenoxy) is 2. The maximum Gasteiger partial charge on any atom is 0.417 e. The normalized spacial score (nSPS) is 17.2. The Bertz CT molecular complexity index is 878. The Hall–Kier alpha value is -2.51. The average Bonchev–Trinajstić information content (AvgIpc) is 3.19. The van der Waals surface area contributed by atoms with E-state index in [0.29, 0.717) is 23.5 Å². The number of halogens is 4. The second-order valence-electron chi connectivity index (χ2n) is 6.50. The summed E-state index contributed by atoms with van der Waals surface area (Å²) in [4.78, 5) is 12.4. The zero-order valence-corrected chi connectivity index (χ0v) is 16.1. The molecule has 3 rings (SSSR count). The standard InChI is InChI=1S/C21H19ClF3NO3/c22-15-8-9-19(29-13-16-7-4-10-28-16)18(11-15)26-20(27)12-17(21(23,24)25)14-5-2-1-3-6-14/h1-3,5-6,8-9,11-12,16H,4,7,10,13H2,(H,26,27)/b17-12+. The van der Waals surface area contributed by atoms with Crippen LogP contribution in [0.25, 0.3) is 5.57 Å². The Morgan fingerprint density at radius 3 is 2.66 bits per heavy atom. The summed E-state index contributed by atoms with van der Waals surface area (Å²) in [6, 6.07) is 11.7. The molecule has 0 bridgehead atoms. The van der Waals surface area contributed by atoms with Gasteiger partial charge >= 0.3 is 6.18 Å². The van der Waals surface area contributed by atoms with Gasteiger partial charge in [-0.05, 0) is 36.6 Å². The van der Waals surface area contributed by atoms with Crippen LogP contribution in [0.4, 0.5) is 18.9 Å². The lowest BCUT2D eigenvalue weighted by atomic mass is 10.1. The Morgan fingerprint density at radius 2 is 2.00 bits per heavy atom. The summed E-state index contributed by atoms with van der Waals surface area (Å²) in [6.45, 7) is 0.945. The third kappa shape index (κ3) is 5.98. The zero-order chi connectivity index (χ0) is 20.9. The smallest absolute Gasteiger partial charge is 0.417 e. The molecule has 1 heterocycles. The fourth-order valence-corrected chi connectivity index (χ4v) is 3.10. The number of benzene rings is 2. The van der Waals surface area contributed by atoms with E-state index in [1.165, 1.54) is 30.3 Å². The van der Waals surface area contributed by atoms with Crippen molar-refractivity contribution < 1.29 is 27.4 Å². The molecule has 1 N–H and O–H groups in total. The molecule has 0 spiro atoms. The van der Waals surface area contributed by atoms with E-state index in [-0.39, 0.29) is 24.0 Å². The molecule has 2 aromatic rings. The van der Waals surface area contributed by atoms with Crippen LogP contribution < -0.4 is 10.1 Å². The lowest BCUT2D eigenvalue weighted by Crippen LogP contribution is -2.18. The third-order valence-corrected chi connectivity index (χ3v) is 4.55. The van der Waals surface area contributed by atoms with Crippen LogP contribution in [0, 0.1) is 0 Å². The van der Waals surface area contributed by atoms with Gasteiger partial charge in [0, 0.05) is 17.7 Å². The number of rotatable bonds is 6. The van der Waals surface area contributed by atoms with E-state index in [1.807, 2.05) is 0 Å². The number of allylic oxidation sites excluding steroid dienone is 1. The monoisotopic (exact) mass is 425 g/mol. The van der Waals surface area contributed by atoms with E-state index in [9.17, 15) is 18.0 Å². The summed E-state index contributed by atoms with van der Waals surface area (Å²) in [5, 5.41) is 2.75. The minimum absolute atomic E-state index is 0.0518. The van der Waals surface area contributed by atoms with Gasteiger partial charge in [0.05, 0.1) is 17.4 Å². The Labute approximate surface area is 171 Å². The fraction of sp³-hybridized carbons (Fsp3) is 0.286. The second-order valence-corrected chi connectivity index (χ2v) is 6.93. The van der Waals surface area contributed by atoms with Crippen molar-refractivity contribution in [3.05, 3.63) is 65.2 Å². The van der Waals surface area contributed by atoms with Crippen molar-refractivity contribution in [2.45, 2.75) is 25.1 Å². The van der Waals surface area contributed by atoms with Crippen LogP contribution in [0.1, 0.15) is 18.4 Å². The van der Waals surface area contributed by atoms with Gasteiger partial charge in [-0.3, -0.25) is 4.79 Å². The lowest BCUT2D eigenvalue weighted by molar-refractivity contribution is -0.112. The first kappa shape index (κ1) is 21.2. The molecular weight excluding hydrogens is 407 g/mol. The highest BCUT2D eigenvalue weighted by atomic mass is 35.5. The minimum Gasteiger partial charge on any atom is -0.489 e. The molecule has 29 heavy (non-hydrogen) atoms. The molecule has 2 aromatic carbocycles. The molecule has 1 fully saturated rings. The molecule has 1 aliphatic heterocycles. The molecule has 154 valence electrons. The number of hydrogen-bond acceptors (Lipinski definition) is 3. The minimum atomic E-state index is -4.69. The first-order chi connectivity index (χ1) is 13.8. The summed E-state index contributed by atoms with van der Waals surface area (Å²) in [5.41, 5.74) is -0.957. The molecule has 4 nitrogen and oxygen atoms in total.